The first-order chi connectivity index (χ1) is 15.7. The van der Waals surface area contributed by atoms with E-state index in [0.717, 1.165) is 16.5 Å². The lowest BCUT2D eigenvalue weighted by atomic mass is 9.99. The lowest BCUT2D eigenvalue weighted by molar-refractivity contribution is -0.274. The van der Waals surface area contributed by atoms with E-state index in [1.165, 1.54) is 12.1 Å². The largest absolute Gasteiger partial charge is 0.573 e. The predicted octanol–water partition coefficient (Wildman–Crippen LogP) is 4.48. The molecule has 8 nitrogen and oxygen atoms in total. The van der Waals surface area contributed by atoms with E-state index in [0.29, 0.717) is 16.5 Å². The second kappa shape index (κ2) is 8.61. The molecule has 34 heavy (non-hydrogen) atoms. The maximum absolute atomic E-state index is 12.4. The molecule has 2 heterocycles. The molecule has 4 aromatic rings. The second-order valence-corrected chi connectivity index (χ2v) is 6.85. The average Bonchev–Trinajstić information content (AvgIpc) is 3.07. The molecule has 0 spiro atoms. The van der Waals surface area contributed by atoms with Crippen molar-refractivity contribution < 1.29 is 41.0 Å². The number of carboxylic acid groups (broad SMARTS) is 1. The molecule has 0 fully saturated rings. The monoisotopic (exact) mass is 487 g/mol. The summed E-state index contributed by atoms with van der Waals surface area (Å²) in [5, 5.41) is 8.64. The van der Waals surface area contributed by atoms with E-state index >= 15 is 0 Å². The third-order valence-corrected chi connectivity index (χ3v) is 4.50. The highest BCUT2D eigenvalue weighted by molar-refractivity contribution is 6.15. The van der Waals surface area contributed by atoms with Crippen molar-refractivity contribution in [2.75, 3.05) is 11.5 Å². The Labute approximate surface area is 186 Å². The van der Waals surface area contributed by atoms with Crippen LogP contribution in [-0.2, 0) is 11.8 Å². The van der Waals surface area contributed by atoms with Crippen LogP contribution in [0.3, 0.4) is 0 Å². The number of hydrogen-bond donors (Lipinski definition) is 3. The number of aliphatic carboxylic acids is 1. The summed E-state index contributed by atoms with van der Waals surface area (Å²) in [7, 11) is 1.87. The summed E-state index contributed by atoms with van der Waals surface area (Å²) < 4.78 is 74.7. The number of carboxylic acids is 1. The first-order valence-corrected chi connectivity index (χ1v) is 9.14. The number of nitrogens with zero attached hydrogens (tertiary/aromatic N) is 3. The van der Waals surface area contributed by atoms with Crippen LogP contribution in [0.15, 0.2) is 42.6 Å². The quantitative estimate of drug-likeness (QED) is 0.356. The molecule has 14 heteroatoms. The highest BCUT2D eigenvalue weighted by atomic mass is 19.4. The predicted molar refractivity (Wildman–Crippen MR) is 111 cm³/mol. The van der Waals surface area contributed by atoms with Crippen molar-refractivity contribution in [3.05, 3.63) is 42.6 Å². The van der Waals surface area contributed by atoms with E-state index in [1.54, 1.807) is 18.2 Å². The number of halogens is 6. The third-order valence-electron chi connectivity index (χ3n) is 4.50. The van der Waals surface area contributed by atoms with Gasteiger partial charge in [0.2, 0.25) is 5.95 Å². The molecule has 0 saturated carbocycles. The molecule has 2 aromatic heterocycles. The molecule has 0 unspecified atom stereocenters. The van der Waals surface area contributed by atoms with Crippen molar-refractivity contribution in [3.8, 4) is 16.9 Å². The van der Waals surface area contributed by atoms with Crippen LogP contribution in [0, 0.1) is 0 Å². The summed E-state index contributed by atoms with van der Waals surface area (Å²) >= 11 is 0. The minimum atomic E-state index is -5.08. The van der Waals surface area contributed by atoms with Crippen molar-refractivity contribution in [2.24, 2.45) is 7.05 Å². The average molecular weight is 487 g/mol. The number of anilines is 2. The van der Waals surface area contributed by atoms with Crippen LogP contribution < -0.4 is 16.2 Å². The van der Waals surface area contributed by atoms with Crippen LogP contribution in [0.5, 0.6) is 5.75 Å². The number of alkyl halides is 6. The molecule has 180 valence electrons. The van der Waals surface area contributed by atoms with Crippen molar-refractivity contribution in [1.29, 1.82) is 0 Å². The van der Waals surface area contributed by atoms with Crippen LogP contribution >= 0.6 is 0 Å². The molecule has 0 saturated heterocycles. The van der Waals surface area contributed by atoms with E-state index in [9.17, 15) is 26.3 Å². The van der Waals surface area contributed by atoms with E-state index in [4.69, 9.17) is 21.4 Å². The number of benzene rings is 2. The summed E-state index contributed by atoms with van der Waals surface area (Å²) in [5.41, 5.74) is 14.6. The van der Waals surface area contributed by atoms with Gasteiger partial charge in [0, 0.05) is 24.2 Å². The SMILES string of the molecule is Cn1ccc2c3c(N)nc(N)nc3cc(-c3ccc(OC(F)(F)F)cc3)c21.O=C(O)C(F)(F)F. The van der Waals surface area contributed by atoms with E-state index in [2.05, 4.69) is 14.7 Å². The molecule has 2 aromatic carbocycles. The molecule has 0 bridgehead atoms. The van der Waals surface area contributed by atoms with Crippen LogP contribution in [0.25, 0.3) is 32.9 Å². The molecule has 0 aliphatic rings. The van der Waals surface area contributed by atoms with Gasteiger partial charge in [0.1, 0.15) is 11.6 Å². The van der Waals surface area contributed by atoms with Gasteiger partial charge in [0.25, 0.3) is 0 Å². The van der Waals surface area contributed by atoms with Gasteiger partial charge in [-0.3, -0.25) is 0 Å². The molecule has 0 aliphatic carbocycles. The highest BCUT2D eigenvalue weighted by Gasteiger charge is 2.38. The maximum Gasteiger partial charge on any atom is 0.573 e. The lowest BCUT2D eigenvalue weighted by Crippen LogP contribution is -2.21. The van der Waals surface area contributed by atoms with Crippen LogP contribution in [0.2, 0.25) is 0 Å². The fourth-order valence-electron chi connectivity index (χ4n) is 3.22. The minimum absolute atomic E-state index is 0.0511. The normalized spacial score (nSPS) is 11.9. The summed E-state index contributed by atoms with van der Waals surface area (Å²) in [6, 6.07) is 9.34. The molecule has 4 rings (SSSR count). The van der Waals surface area contributed by atoms with Gasteiger partial charge in [-0.1, -0.05) is 12.1 Å². The molecular formula is C20H15F6N5O3. The zero-order chi connectivity index (χ0) is 25.4. The molecule has 0 amide bonds. The fourth-order valence-corrected chi connectivity index (χ4v) is 3.22. The minimum Gasteiger partial charge on any atom is -0.475 e. The number of carbonyl (C=O) groups is 1. The first kappa shape index (κ1) is 24.4. The Bertz CT molecular complexity index is 1360. The molecular weight excluding hydrogens is 472 g/mol. The summed E-state index contributed by atoms with van der Waals surface area (Å²) in [6.07, 6.45) is -7.95. The van der Waals surface area contributed by atoms with E-state index < -0.39 is 18.5 Å². The van der Waals surface area contributed by atoms with Gasteiger partial charge in [-0.2, -0.15) is 18.2 Å². The van der Waals surface area contributed by atoms with Gasteiger partial charge in [-0.25, -0.2) is 9.78 Å². The Hall–Kier alpha value is -4.23. The number of ether oxygens (including phenoxy) is 1. The Morgan fingerprint density at radius 2 is 1.62 bits per heavy atom. The summed E-state index contributed by atoms with van der Waals surface area (Å²) in [5.74, 6) is -2.72. The van der Waals surface area contributed by atoms with Crippen molar-refractivity contribution >= 4 is 39.5 Å². The Morgan fingerprint density at radius 1 is 1.03 bits per heavy atom. The van der Waals surface area contributed by atoms with Crippen molar-refractivity contribution in [1.82, 2.24) is 14.5 Å². The molecule has 0 aliphatic heterocycles. The summed E-state index contributed by atoms with van der Waals surface area (Å²) in [6.45, 7) is 0. The second-order valence-electron chi connectivity index (χ2n) is 6.85. The lowest BCUT2D eigenvalue weighted by Gasteiger charge is -2.12. The molecule has 0 radical (unpaired) electrons. The van der Waals surface area contributed by atoms with E-state index in [1.807, 2.05) is 23.9 Å². The van der Waals surface area contributed by atoms with Gasteiger partial charge < -0.3 is 25.9 Å². The van der Waals surface area contributed by atoms with Gasteiger partial charge in [-0.05, 0) is 29.8 Å². The third kappa shape index (κ3) is 5.22. The number of rotatable bonds is 2. The van der Waals surface area contributed by atoms with Crippen LogP contribution in [0.4, 0.5) is 38.1 Å². The maximum atomic E-state index is 12.4. The Kier molecular flexibility index (Phi) is 6.18. The topological polar surface area (TPSA) is 129 Å². The number of nitrogen functional groups attached to an aromatic ring is 2. The number of aryl methyl sites for hydroxylation is 1. The number of nitrogens with two attached hydrogens (primary N) is 2. The Morgan fingerprint density at radius 3 is 2.15 bits per heavy atom. The van der Waals surface area contributed by atoms with E-state index in [-0.39, 0.29) is 17.5 Å². The molecule has 0 atom stereocenters. The fraction of sp³-hybridized carbons (Fsp3) is 0.150. The molecule has 5 N–H and O–H groups in total. The zero-order valence-corrected chi connectivity index (χ0v) is 17.1. The van der Waals surface area contributed by atoms with Crippen molar-refractivity contribution in [3.63, 3.8) is 0 Å². The van der Waals surface area contributed by atoms with Gasteiger partial charge in [0.05, 0.1) is 16.4 Å². The summed E-state index contributed by atoms with van der Waals surface area (Å²) in [4.78, 5) is 17.2. The number of hydrogen-bond acceptors (Lipinski definition) is 6. The first-order valence-electron chi connectivity index (χ1n) is 9.14. The zero-order valence-electron chi connectivity index (χ0n) is 17.1. The standard InChI is InChI=1S/C18H14F3N5O.C2HF3O2/c1-26-7-6-11-14-13(24-17(23)25-16(14)22)8-12(15(11)26)9-2-4-10(5-3-9)27-18(19,20)21;3-2(4,5)1(6)7/h2-8H,1H3,(H4,22,23,24,25);(H,6,7). The highest BCUT2D eigenvalue weighted by Crippen LogP contribution is 2.37. The van der Waals surface area contributed by atoms with Crippen LogP contribution in [0.1, 0.15) is 0 Å². The van der Waals surface area contributed by atoms with Crippen LogP contribution in [-0.4, -0.2) is 38.1 Å². The Balaban J connectivity index is 0.000000406. The number of fused-ring (bicyclic) bond motifs is 3. The van der Waals surface area contributed by atoms with Gasteiger partial charge >= 0.3 is 18.5 Å². The van der Waals surface area contributed by atoms with Gasteiger partial charge in [0.15, 0.2) is 0 Å². The number of aromatic nitrogens is 3. The van der Waals surface area contributed by atoms with Crippen molar-refractivity contribution in [2.45, 2.75) is 12.5 Å². The smallest absolute Gasteiger partial charge is 0.475 e. The van der Waals surface area contributed by atoms with Gasteiger partial charge in [-0.15, -0.1) is 13.2 Å².